The summed E-state index contributed by atoms with van der Waals surface area (Å²) in [7, 11) is 0. The molecule has 0 unspecified atom stereocenters. The summed E-state index contributed by atoms with van der Waals surface area (Å²) in [5.41, 5.74) is 1.14. The van der Waals surface area contributed by atoms with Crippen molar-refractivity contribution in [3.8, 4) is 17.2 Å². The van der Waals surface area contributed by atoms with Gasteiger partial charge in [-0.25, -0.2) is 9.50 Å². The van der Waals surface area contributed by atoms with Crippen molar-refractivity contribution in [1.29, 1.82) is 0 Å². The summed E-state index contributed by atoms with van der Waals surface area (Å²) in [6.45, 7) is 0. The molecule has 2 N–H and O–H groups in total. The first-order chi connectivity index (χ1) is 13.1. The number of rotatable bonds is 4. The van der Waals surface area contributed by atoms with Gasteiger partial charge in [0, 0.05) is 23.5 Å². The van der Waals surface area contributed by atoms with E-state index in [4.69, 9.17) is 16.3 Å². The minimum absolute atomic E-state index is 0.0736. The molecule has 0 fully saturated rings. The number of carbonyl (C=O) groups excluding carboxylic acids is 1. The lowest BCUT2D eigenvalue weighted by molar-refractivity contribution is 0.102. The molecule has 4 rings (SSSR count). The van der Waals surface area contributed by atoms with E-state index in [0.717, 1.165) is 0 Å². The van der Waals surface area contributed by atoms with Gasteiger partial charge in [-0.05, 0) is 36.4 Å². The first-order valence-corrected chi connectivity index (χ1v) is 8.34. The van der Waals surface area contributed by atoms with Gasteiger partial charge in [-0.2, -0.15) is 5.10 Å². The number of benzene rings is 2. The molecule has 2 heterocycles. The molecule has 0 aliphatic carbocycles. The molecule has 1 amide bonds. The number of phenolic OH excluding ortho intramolecular Hbond substituents is 1. The highest BCUT2D eigenvalue weighted by Gasteiger charge is 2.16. The first-order valence-electron chi connectivity index (χ1n) is 7.96. The van der Waals surface area contributed by atoms with Gasteiger partial charge in [0.2, 0.25) is 0 Å². The van der Waals surface area contributed by atoms with Crippen LogP contribution in [0.15, 0.2) is 67.1 Å². The van der Waals surface area contributed by atoms with Crippen molar-refractivity contribution in [1.82, 2.24) is 14.6 Å². The number of carbonyl (C=O) groups is 1. The molecule has 2 aromatic carbocycles. The van der Waals surface area contributed by atoms with Crippen molar-refractivity contribution < 1.29 is 14.6 Å². The molecule has 2 aromatic heterocycles. The number of halogens is 1. The van der Waals surface area contributed by atoms with Gasteiger partial charge in [-0.1, -0.05) is 17.7 Å². The van der Waals surface area contributed by atoms with Crippen molar-refractivity contribution in [2.75, 3.05) is 5.32 Å². The van der Waals surface area contributed by atoms with Crippen LogP contribution in [0.4, 0.5) is 5.69 Å². The average molecular weight is 381 g/mol. The summed E-state index contributed by atoms with van der Waals surface area (Å²) < 4.78 is 7.29. The maximum absolute atomic E-state index is 12.7. The predicted molar refractivity (Wildman–Crippen MR) is 101 cm³/mol. The lowest BCUT2D eigenvalue weighted by atomic mass is 10.2. The Morgan fingerprint density at radius 2 is 2.07 bits per heavy atom. The second-order valence-electron chi connectivity index (χ2n) is 5.64. The van der Waals surface area contributed by atoms with E-state index in [2.05, 4.69) is 15.4 Å². The van der Waals surface area contributed by atoms with E-state index in [-0.39, 0.29) is 5.75 Å². The van der Waals surface area contributed by atoms with Crippen molar-refractivity contribution in [2.45, 2.75) is 0 Å². The van der Waals surface area contributed by atoms with Crippen LogP contribution >= 0.6 is 11.6 Å². The Kier molecular flexibility index (Phi) is 4.35. The molecule has 0 spiro atoms. The number of nitrogens with zero attached hydrogens (tertiary/aromatic N) is 3. The van der Waals surface area contributed by atoms with Crippen LogP contribution in [0.5, 0.6) is 17.2 Å². The van der Waals surface area contributed by atoms with Crippen LogP contribution in [0.25, 0.3) is 5.65 Å². The molecular weight excluding hydrogens is 368 g/mol. The highest BCUT2D eigenvalue weighted by Crippen LogP contribution is 2.33. The molecule has 0 aliphatic heterocycles. The second-order valence-corrected chi connectivity index (χ2v) is 6.08. The number of aromatic nitrogens is 3. The van der Waals surface area contributed by atoms with Crippen molar-refractivity contribution in [3.63, 3.8) is 0 Å². The van der Waals surface area contributed by atoms with Crippen LogP contribution in [0.1, 0.15) is 10.4 Å². The normalized spacial score (nSPS) is 10.7. The van der Waals surface area contributed by atoms with Gasteiger partial charge in [-0.15, -0.1) is 0 Å². The van der Waals surface area contributed by atoms with E-state index in [1.807, 2.05) is 0 Å². The van der Waals surface area contributed by atoms with Crippen LogP contribution in [-0.4, -0.2) is 25.6 Å². The van der Waals surface area contributed by atoms with Gasteiger partial charge >= 0.3 is 0 Å². The van der Waals surface area contributed by atoms with Crippen molar-refractivity contribution in [2.24, 2.45) is 0 Å². The summed E-state index contributed by atoms with van der Waals surface area (Å²) in [6, 6.07) is 12.9. The van der Waals surface area contributed by atoms with Crippen LogP contribution in [-0.2, 0) is 0 Å². The number of hydrogen-bond acceptors (Lipinski definition) is 5. The molecule has 0 radical (unpaired) electrons. The summed E-state index contributed by atoms with van der Waals surface area (Å²) in [5.74, 6) is 0.476. The smallest absolute Gasteiger partial charge is 0.261 e. The summed E-state index contributed by atoms with van der Waals surface area (Å²) in [4.78, 5) is 16.9. The standard InChI is InChI=1S/C19H13ClN4O3/c20-12-5-6-17(27-14-4-1-3-13(25)10-14)16(9-12)23-19(26)15-11-22-24-8-2-7-21-18(15)24/h1-11,25H,(H,23,26). The minimum atomic E-state index is -0.397. The number of nitrogens with one attached hydrogen (secondary N) is 1. The van der Waals surface area contributed by atoms with Gasteiger partial charge in [0.05, 0.1) is 11.9 Å². The third kappa shape index (κ3) is 3.54. The van der Waals surface area contributed by atoms with Crippen LogP contribution in [0.3, 0.4) is 0 Å². The molecule has 0 bridgehead atoms. The van der Waals surface area contributed by atoms with Crippen molar-refractivity contribution in [3.05, 3.63) is 77.7 Å². The average Bonchev–Trinajstić information content (AvgIpc) is 3.08. The maximum Gasteiger partial charge on any atom is 0.261 e. The monoisotopic (exact) mass is 380 g/mol. The van der Waals surface area contributed by atoms with Crippen LogP contribution in [0.2, 0.25) is 5.02 Å². The molecule has 0 atom stereocenters. The Morgan fingerprint density at radius 1 is 1.19 bits per heavy atom. The molecule has 8 heteroatoms. The largest absolute Gasteiger partial charge is 0.508 e. The second kappa shape index (κ2) is 6.97. The fourth-order valence-corrected chi connectivity index (χ4v) is 2.71. The number of anilines is 1. The van der Waals surface area contributed by atoms with Crippen LogP contribution < -0.4 is 10.1 Å². The number of phenols is 1. The Hall–Kier alpha value is -3.58. The number of amides is 1. The van der Waals surface area contributed by atoms with Gasteiger partial charge in [0.25, 0.3) is 5.91 Å². The number of hydrogen-bond donors (Lipinski definition) is 2. The van der Waals surface area contributed by atoms with Gasteiger partial charge in [0.1, 0.15) is 17.1 Å². The molecule has 4 aromatic rings. The topological polar surface area (TPSA) is 88.8 Å². The van der Waals surface area contributed by atoms with Gasteiger partial charge in [0.15, 0.2) is 11.4 Å². The molecule has 134 valence electrons. The van der Waals surface area contributed by atoms with E-state index in [0.29, 0.717) is 33.4 Å². The molecule has 7 nitrogen and oxygen atoms in total. The summed E-state index contributed by atoms with van der Waals surface area (Å²) >= 11 is 6.07. The van der Waals surface area contributed by atoms with Crippen molar-refractivity contribution >= 4 is 28.8 Å². The highest BCUT2D eigenvalue weighted by atomic mass is 35.5. The summed E-state index contributed by atoms with van der Waals surface area (Å²) in [6.07, 6.45) is 4.73. The fourth-order valence-electron chi connectivity index (χ4n) is 2.54. The van der Waals surface area contributed by atoms with E-state index in [9.17, 15) is 9.90 Å². The Bertz CT molecular complexity index is 1140. The third-order valence-electron chi connectivity index (χ3n) is 3.76. The zero-order valence-corrected chi connectivity index (χ0v) is 14.6. The number of fused-ring (bicyclic) bond motifs is 1. The maximum atomic E-state index is 12.7. The van der Waals surface area contributed by atoms with E-state index < -0.39 is 5.91 Å². The third-order valence-corrected chi connectivity index (χ3v) is 3.99. The molecule has 27 heavy (non-hydrogen) atoms. The SMILES string of the molecule is O=C(Nc1cc(Cl)ccc1Oc1cccc(O)c1)c1cnn2cccnc12. The molecule has 0 saturated heterocycles. The van der Waals surface area contributed by atoms with E-state index in [1.54, 1.807) is 48.8 Å². The number of ether oxygens (including phenoxy) is 1. The molecular formula is C19H13ClN4O3. The Balaban J connectivity index is 1.65. The lowest BCUT2D eigenvalue weighted by Gasteiger charge is -2.12. The molecule has 0 aliphatic rings. The highest BCUT2D eigenvalue weighted by molar-refractivity contribution is 6.31. The van der Waals surface area contributed by atoms with Gasteiger partial charge in [-0.3, -0.25) is 4.79 Å². The van der Waals surface area contributed by atoms with E-state index in [1.165, 1.54) is 22.8 Å². The summed E-state index contributed by atoms with van der Waals surface area (Å²) in [5, 5.41) is 16.9. The molecule has 0 saturated carbocycles. The first kappa shape index (κ1) is 16.9. The lowest BCUT2D eigenvalue weighted by Crippen LogP contribution is -2.12. The fraction of sp³-hybridized carbons (Fsp3) is 0. The predicted octanol–water partition coefficient (Wildman–Crippen LogP) is 4.13. The van der Waals surface area contributed by atoms with Gasteiger partial charge < -0.3 is 15.2 Å². The van der Waals surface area contributed by atoms with E-state index >= 15 is 0 Å². The quantitative estimate of drug-likeness (QED) is 0.555. The zero-order valence-electron chi connectivity index (χ0n) is 13.8. The Morgan fingerprint density at radius 3 is 2.93 bits per heavy atom. The van der Waals surface area contributed by atoms with Crippen LogP contribution in [0, 0.1) is 0 Å². The Labute approximate surface area is 158 Å². The number of aromatic hydroxyl groups is 1. The minimum Gasteiger partial charge on any atom is -0.508 e. The zero-order chi connectivity index (χ0) is 18.8.